The summed E-state index contributed by atoms with van der Waals surface area (Å²) < 4.78 is 2.44. The Kier molecular flexibility index (Phi) is 19.1. The molecular formula is C71H73N3S2. The van der Waals surface area contributed by atoms with Gasteiger partial charge in [0.2, 0.25) is 0 Å². The molecule has 2 aromatic heterocycles. The van der Waals surface area contributed by atoms with E-state index in [0.717, 1.165) is 82.1 Å². The van der Waals surface area contributed by atoms with Crippen LogP contribution in [0.1, 0.15) is 99.9 Å². The SMILES string of the molecule is C/C=C\C(C)C.C=C1/C=C(c2cccc(-c3ccccn3)c2)\C=C/N(c2ccc3c(c2)C2=C(C=CCC2C)C3)c2ccc(-c3cccc(-n4c5c(c6ccccc64)CCC=C5)c3)cc21.CCC.Cc1ccccc1.SS. The number of hydrogen-bond donors (Lipinski definition) is 2. The second-order valence-electron chi connectivity index (χ2n) is 20.2. The molecule has 1 aliphatic heterocycles. The molecule has 0 bridgehead atoms. The molecule has 6 aromatic carbocycles. The van der Waals surface area contributed by atoms with Gasteiger partial charge in [0, 0.05) is 46.0 Å². The van der Waals surface area contributed by atoms with Crippen molar-refractivity contribution in [3.05, 3.63) is 264 Å². The topological polar surface area (TPSA) is 21.1 Å². The van der Waals surface area contributed by atoms with Gasteiger partial charge < -0.3 is 9.47 Å². The van der Waals surface area contributed by atoms with Crippen LogP contribution >= 0.6 is 23.3 Å². The fraction of sp³-hybridized carbons (Fsp3) is 0.197. The molecule has 384 valence electrons. The predicted octanol–water partition coefficient (Wildman–Crippen LogP) is 20.4. The van der Waals surface area contributed by atoms with Crippen molar-refractivity contribution >= 4 is 68.4 Å². The van der Waals surface area contributed by atoms with Crippen LogP contribution < -0.4 is 4.90 Å². The number of thiol groups is 2. The molecule has 76 heavy (non-hydrogen) atoms. The van der Waals surface area contributed by atoms with Gasteiger partial charge in [-0.2, -0.15) is 0 Å². The van der Waals surface area contributed by atoms with Crippen LogP contribution in [0.25, 0.3) is 61.8 Å². The zero-order valence-corrected chi connectivity index (χ0v) is 47.2. The smallest absolute Gasteiger partial charge is 0.0702 e. The molecule has 0 saturated carbocycles. The van der Waals surface area contributed by atoms with E-state index in [1.54, 1.807) is 0 Å². The highest BCUT2D eigenvalue weighted by Crippen LogP contribution is 2.46. The highest BCUT2D eigenvalue weighted by atomic mass is 33.1. The summed E-state index contributed by atoms with van der Waals surface area (Å²) in [6, 6.07) is 56.8. The molecule has 0 saturated heterocycles. The Morgan fingerprint density at radius 3 is 2.18 bits per heavy atom. The van der Waals surface area contributed by atoms with E-state index in [1.165, 1.54) is 67.7 Å². The summed E-state index contributed by atoms with van der Waals surface area (Å²) in [5.74, 6) is 1.23. The third-order valence-electron chi connectivity index (χ3n) is 14.0. The van der Waals surface area contributed by atoms with Gasteiger partial charge in [-0.15, -0.1) is 23.3 Å². The summed E-state index contributed by atoms with van der Waals surface area (Å²) in [6.45, 7) is 19.8. The number of benzene rings is 6. The van der Waals surface area contributed by atoms with Gasteiger partial charge >= 0.3 is 0 Å². The van der Waals surface area contributed by atoms with Crippen molar-refractivity contribution in [1.29, 1.82) is 0 Å². The van der Waals surface area contributed by atoms with Crippen molar-refractivity contribution in [2.45, 2.75) is 80.6 Å². The number of para-hydroxylation sites is 1. The third kappa shape index (κ3) is 12.7. The molecule has 12 rings (SSSR count). The van der Waals surface area contributed by atoms with Crippen LogP contribution in [0.15, 0.2) is 225 Å². The van der Waals surface area contributed by atoms with Gasteiger partial charge in [0.05, 0.1) is 16.9 Å². The van der Waals surface area contributed by atoms with Crippen LogP contribution in [-0.2, 0) is 12.8 Å². The van der Waals surface area contributed by atoms with Crippen LogP contribution in [0.2, 0.25) is 0 Å². The maximum atomic E-state index is 4.76. The summed E-state index contributed by atoms with van der Waals surface area (Å²) in [5, 5.41) is 1.35. The van der Waals surface area contributed by atoms with Crippen LogP contribution in [0.3, 0.4) is 0 Å². The highest BCUT2D eigenvalue weighted by Gasteiger charge is 2.28. The summed E-state index contributed by atoms with van der Waals surface area (Å²) in [6.07, 6.45) is 27.6. The van der Waals surface area contributed by atoms with E-state index in [-0.39, 0.29) is 0 Å². The van der Waals surface area contributed by atoms with Crippen molar-refractivity contribution in [3.8, 4) is 28.1 Å². The molecule has 3 nitrogen and oxygen atoms in total. The Hall–Kier alpha value is -7.31. The molecule has 0 fully saturated rings. The number of pyridine rings is 1. The molecule has 0 spiro atoms. The third-order valence-corrected chi connectivity index (χ3v) is 14.0. The molecule has 3 heterocycles. The maximum Gasteiger partial charge on any atom is 0.0702 e. The van der Waals surface area contributed by atoms with Crippen molar-refractivity contribution in [1.82, 2.24) is 9.55 Å². The second kappa shape index (κ2) is 26.4. The molecule has 0 amide bonds. The lowest BCUT2D eigenvalue weighted by molar-refractivity contribution is 0.755. The minimum absolute atomic E-state index is 0.511. The number of allylic oxidation sites excluding steroid dienone is 11. The first kappa shape index (κ1) is 54.9. The Bertz CT molecular complexity index is 3470. The molecule has 1 unspecified atom stereocenters. The van der Waals surface area contributed by atoms with E-state index in [1.807, 2.05) is 43.5 Å². The molecule has 0 radical (unpaired) electrons. The van der Waals surface area contributed by atoms with Gasteiger partial charge in [-0.05, 0) is 186 Å². The Morgan fingerprint density at radius 2 is 1.45 bits per heavy atom. The zero-order chi connectivity index (χ0) is 53.6. The lowest BCUT2D eigenvalue weighted by Crippen LogP contribution is -2.13. The minimum Gasteiger partial charge on any atom is -0.317 e. The molecule has 5 heteroatoms. The van der Waals surface area contributed by atoms with Crippen LogP contribution in [0.5, 0.6) is 0 Å². The number of nitrogens with zero attached hydrogens (tertiary/aromatic N) is 3. The summed E-state index contributed by atoms with van der Waals surface area (Å²) in [5.41, 5.74) is 23.2. The van der Waals surface area contributed by atoms with E-state index < -0.39 is 0 Å². The fourth-order valence-corrected chi connectivity index (χ4v) is 10.6. The minimum atomic E-state index is 0.511. The van der Waals surface area contributed by atoms with Crippen molar-refractivity contribution < 1.29 is 0 Å². The van der Waals surface area contributed by atoms with Gasteiger partial charge in [-0.25, -0.2) is 0 Å². The van der Waals surface area contributed by atoms with Crippen molar-refractivity contribution in [2.75, 3.05) is 4.90 Å². The van der Waals surface area contributed by atoms with E-state index in [4.69, 9.17) is 6.58 Å². The fourth-order valence-electron chi connectivity index (χ4n) is 10.6. The lowest BCUT2D eigenvalue weighted by atomic mass is 9.87. The molecule has 1 atom stereocenters. The number of aryl methyl sites for hydroxylation is 2. The van der Waals surface area contributed by atoms with Gasteiger partial charge in [0.25, 0.3) is 0 Å². The first-order valence-electron chi connectivity index (χ1n) is 27.0. The monoisotopic (exact) mass is 1030 g/mol. The zero-order valence-electron chi connectivity index (χ0n) is 45.4. The van der Waals surface area contributed by atoms with Crippen molar-refractivity contribution in [2.24, 2.45) is 11.8 Å². The highest BCUT2D eigenvalue weighted by molar-refractivity contribution is 8.59. The van der Waals surface area contributed by atoms with Gasteiger partial charge in [-0.3, -0.25) is 4.98 Å². The summed E-state index contributed by atoms with van der Waals surface area (Å²) in [4.78, 5) is 7.01. The summed E-state index contributed by atoms with van der Waals surface area (Å²) in [7, 11) is 0. The van der Waals surface area contributed by atoms with Crippen LogP contribution in [0, 0.1) is 18.8 Å². The standard InChI is InChI=1S/C55H43N3.C7H8.C6H12.C3H8.H2S2/c1-36-12-9-16-44-32-42-23-25-45(35-50(42)55(36)44)57-29-27-41(38-13-10-15-43(31-38)51-20-7-8-28-56-51)30-37(2)49-34-40(24-26-52(49)57)39-14-11-17-46(33-39)58-53-21-5-3-18-47(53)48-19-4-6-22-54(48)58;1-7-5-3-2-4-6-7;1-4-5-6(2)3;1-3-2;1-2/h3,5-11,13-18,20-31,33-36H,2,4,12,19,32H2,1H3;2-6H,1H3;4-6H,1-3H3;3H2,1-2H3;1-2H/b29-27-,41-30+;;5-4-;;. The number of aromatic nitrogens is 2. The van der Waals surface area contributed by atoms with E-state index >= 15 is 0 Å². The first-order chi connectivity index (χ1) is 37.1. The van der Waals surface area contributed by atoms with Gasteiger partial charge in [0.1, 0.15) is 0 Å². The molecule has 3 aliphatic carbocycles. The van der Waals surface area contributed by atoms with E-state index in [9.17, 15) is 0 Å². The maximum absolute atomic E-state index is 4.76. The van der Waals surface area contributed by atoms with Gasteiger partial charge in [-0.1, -0.05) is 181 Å². The largest absolute Gasteiger partial charge is 0.317 e. The quantitative estimate of drug-likeness (QED) is 0.0984. The summed E-state index contributed by atoms with van der Waals surface area (Å²) >= 11 is 6.44. The molecular weight excluding hydrogens is 959 g/mol. The molecule has 0 N–H and O–H groups in total. The normalized spacial score (nSPS) is 15.9. The number of anilines is 2. The predicted molar refractivity (Wildman–Crippen MR) is 339 cm³/mol. The average molecular weight is 1030 g/mol. The van der Waals surface area contributed by atoms with Crippen molar-refractivity contribution in [3.63, 3.8) is 0 Å². The number of rotatable bonds is 6. The first-order valence-corrected chi connectivity index (χ1v) is 28.6. The Morgan fingerprint density at radius 1 is 0.711 bits per heavy atom. The Labute approximate surface area is 464 Å². The Balaban J connectivity index is 0.000000368. The van der Waals surface area contributed by atoms with Crippen LogP contribution in [-0.4, -0.2) is 9.55 Å². The average Bonchev–Trinajstić information content (AvgIpc) is 4.02. The van der Waals surface area contributed by atoms with Gasteiger partial charge in [0.15, 0.2) is 0 Å². The number of hydrogen-bond acceptors (Lipinski definition) is 4. The second-order valence-corrected chi connectivity index (χ2v) is 20.2. The number of fused-ring (bicyclic) bond motifs is 6. The van der Waals surface area contributed by atoms with Crippen LogP contribution in [0.4, 0.5) is 11.4 Å². The van der Waals surface area contributed by atoms with E-state index in [2.05, 4.69) is 262 Å². The lowest BCUT2D eigenvalue weighted by Gasteiger charge is -2.28. The van der Waals surface area contributed by atoms with E-state index in [0.29, 0.717) is 5.92 Å². The molecule has 8 aromatic rings. The molecule has 4 aliphatic rings.